The van der Waals surface area contributed by atoms with E-state index in [4.69, 9.17) is 16.3 Å². The molecular formula is C20H26ClNO. The van der Waals surface area contributed by atoms with Crippen molar-refractivity contribution in [2.45, 2.75) is 45.8 Å². The van der Waals surface area contributed by atoms with Crippen LogP contribution in [0, 0.1) is 0 Å². The molecule has 0 saturated carbocycles. The fourth-order valence-electron chi connectivity index (χ4n) is 2.36. The molecule has 0 aliphatic carbocycles. The van der Waals surface area contributed by atoms with Crippen molar-refractivity contribution < 1.29 is 4.74 Å². The van der Waals surface area contributed by atoms with E-state index < -0.39 is 0 Å². The summed E-state index contributed by atoms with van der Waals surface area (Å²) in [4.78, 5) is 0. The highest BCUT2D eigenvalue weighted by Crippen LogP contribution is 2.15. The van der Waals surface area contributed by atoms with Gasteiger partial charge in [0.1, 0.15) is 12.4 Å². The fourth-order valence-corrected chi connectivity index (χ4v) is 2.49. The van der Waals surface area contributed by atoms with E-state index in [0.717, 1.165) is 29.4 Å². The number of nitrogens with one attached hydrogen (secondary N) is 1. The lowest BCUT2D eigenvalue weighted by molar-refractivity contribution is 0.306. The van der Waals surface area contributed by atoms with Crippen LogP contribution in [-0.2, 0) is 13.2 Å². The van der Waals surface area contributed by atoms with Gasteiger partial charge in [-0.1, -0.05) is 62.1 Å². The minimum Gasteiger partial charge on any atom is -0.489 e. The van der Waals surface area contributed by atoms with Crippen molar-refractivity contribution >= 4 is 11.6 Å². The second-order valence-corrected chi connectivity index (χ2v) is 6.23. The molecule has 124 valence electrons. The van der Waals surface area contributed by atoms with Crippen molar-refractivity contribution in [3.8, 4) is 5.75 Å². The average Bonchev–Trinajstić information content (AvgIpc) is 2.58. The molecule has 2 aromatic carbocycles. The molecule has 3 heteroatoms. The SMILES string of the molecule is CCCCCCNCc1ccc(OCc2ccc(Cl)cc2)cc1. The number of rotatable bonds is 10. The maximum Gasteiger partial charge on any atom is 0.119 e. The molecule has 0 fully saturated rings. The van der Waals surface area contributed by atoms with E-state index in [1.54, 1.807) is 0 Å². The van der Waals surface area contributed by atoms with E-state index in [1.807, 2.05) is 36.4 Å². The molecule has 0 aliphatic heterocycles. The number of ether oxygens (including phenoxy) is 1. The maximum atomic E-state index is 5.88. The lowest BCUT2D eigenvalue weighted by Crippen LogP contribution is -2.14. The summed E-state index contributed by atoms with van der Waals surface area (Å²) in [5, 5.41) is 4.24. The van der Waals surface area contributed by atoms with Crippen LogP contribution in [0.5, 0.6) is 5.75 Å². The standard InChI is InChI=1S/C20H26ClNO/c1-2-3-4-5-14-22-15-17-8-12-20(13-9-17)23-16-18-6-10-19(21)11-7-18/h6-13,22H,2-5,14-16H2,1H3. The molecule has 2 nitrogen and oxygen atoms in total. The van der Waals surface area contributed by atoms with Gasteiger partial charge in [0.05, 0.1) is 0 Å². The van der Waals surface area contributed by atoms with E-state index in [1.165, 1.54) is 31.2 Å². The third-order valence-corrected chi connectivity index (χ3v) is 4.03. The maximum absolute atomic E-state index is 5.88. The number of halogens is 1. The van der Waals surface area contributed by atoms with Crippen LogP contribution in [0.4, 0.5) is 0 Å². The van der Waals surface area contributed by atoms with Crippen molar-refractivity contribution in [1.29, 1.82) is 0 Å². The second kappa shape index (κ2) is 10.3. The predicted molar refractivity (Wildman–Crippen MR) is 98.1 cm³/mol. The Kier molecular flexibility index (Phi) is 7.99. The zero-order chi connectivity index (χ0) is 16.3. The Balaban J connectivity index is 1.68. The van der Waals surface area contributed by atoms with Crippen LogP contribution in [0.25, 0.3) is 0 Å². The van der Waals surface area contributed by atoms with Crippen molar-refractivity contribution in [3.63, 3.8) is 0 Å². The summed E-state index contributed by atoms with van der Waals surface area (Å²) in [6.45, 7) is 4.81. The number of unbranched alkanes of at least 4 members (excludes halogenated alkanes) is 3. The summed E-state index contributed by atoms with van der Waals surface area (Å²) in [7, 11) is 0. The first kappa shape index (κ1) is 17.8. The quantitative estimate of drug-likeness (QED) is 0.573. The number of hydrogen-bond acceptors (Lipinski definition) is 2. The van der Waals surface area contributed by atoms with Gasteiger partial charge in [-0.2, -0.15) is 0 Å². The highest BCUT2D eigenvalue weighted by molar-refractivity contribution is 6.30. The van der Waals surface area contributed by atoms with Crippen LogP contribution >= 0.6 is 11.6 Å². The average molecular weight is 332 g/mol. The summed E-state index contributed by atoms with van der Waals surface area (Å²) in [6, 6.07) is 16.0. The molecule has 1 N–H and O–H groups in total. The predicted octanol–water partition coefficient (Wildman–Crippen LogP) is 5.59. The Morgan fingerprint density at radius 3 is 2.26 bits per heavy atom. The van der Waals surface area contributed by atoms with Gasteiger partial charge in [0.25, 0.3) is 0 Å². The van der Waals surface area contributed by atoms with Crippen LogP contribution < -0.4 is 10.1 Å². The fraction of sp³-hybridized carbons (Fsp3) is 0.400. The molecule has 0 bridgehead atoms. The molecule has 0 aromatic heterocycles. The van der Waals surface area contributed by atoms with E-state index in [0.29, 0.717) is 6.61 Å². The van der Waals surface area contributed by atoms with Crippen LogP contribution in [0.3, 0.4) is 0 Å². The molecule has 0 saturated heterocycles. The van der Waals surface area contributed by atoms with Crippen LogP contribution in [0.2, 0.25) is 5.02 Å². The molecule has 0 atom stereocenters. The topological polar surface area (TPSA) is 21.3 Å². The second-order valence-electron chi connectivity index (χ2n) is 5.80. The highest BCUT2D eigenvalue weighted by Gasteiger charge is 1.98. The van der Waals surface area contributed by atoms with Gasteiger partial charge in [-0.3, -0.25) is 0 Å². The van der Waals surface area contributed by atoms with E-state index in [9.17, 15) is 0 Å². The summed E-state index contributed by atoms with van der Waals surface area (Å²) in [5.74, 6) is 0.895. The van der Waals surface area contributed by atoms with Crippen LogP contribution in [-0.4, -0.2) is 6.54 Å². The van der Waals surface area contributed by atoms with Crippen molar-refractivity contribution in [1.82, 2.24) is 5.32 Å². The van der Waals surface area contributed by atoms with Crippen molar-refractivity contribution in [3.05, 3.63) is 64.7 Å². The first-order valence-corrected chi connectivity index (χ1v) is 8.82. The lowest BCUT2D eigenvalue weighted by atomic mass is 10.2. The Morgan fingerprint density at radius 2 is 1.57 bits per heavy atom. The van der Waals surface area contributed by atoms with Gasteiger partial charge in [-0.15, -0.1) is 0 Å². The lowest BCUT2D eigenvalue weighted by Gasteiger charge is -2.08. The van der Waals surface area contributed by atoms with Gasteiger partial charge >= 0.3 is 0 Å². The minimum atomic E-state index is 0.562. The van der Waals surface area contributed by atoms with Gasteiger partial charge < -0.3 is 10.1 Å². The third-order valence-electron chi connectivity index (χ3n) is 3.78. The minimum absolute atomic E-state index is 0.562. The molecule has 0 unspecified atom stereocenters. The highest BCUT2D eigenvalue weighted by atomic mass is 35.5. The van der Waals surface area contributed by atoms with Crippen LogP contribution in [0.1, 0.15) is 43.7 Å². The smallest absolute Gasteiger partial charge is 0.119 e. The molecule has 0 amide bonds. The Morgan fingerprint density at radius 1 is 0.870 bits per heavy atom. The van der Waals surface area contributed by atoms with Gasteiger partial charge in [-0.05, 0) is 48.4 Å². The molecule has 2 aromatic rings. The summed E-state index contributed by atoms with van der Waals surface area (Å²) in [5.41, 5.74) is 2.41. The molecule has 23 heavy (non-hydrogen) atoms. The zero-order valence-corrected chi connectivity index (χ0v) is 14.6. The van der Waals surface area contributed by atoms with E-state index >= 15 is 0 Å². The van der Waals surface area contributed by atoms with Gasteiger partial charge in [0.15, 0.2) is 0 Å². The van der Waals surface area contributed by atoms with Gasteiger partial charge in [0, 0.05) is 11.6 Å². The van der Waals surface area contributed by atoms with Crippen LogP contribution in [0.15, 0.2) is 48.5 Å². The Bertz CT molecular complexity index is 551. The molecule has 0 spiro atoms. The molecule has 0 heterocycles. The number of hydrogen-bond donors (Lipinski definition) is 1. The summed E-state index contributed by atoms with van der Waals surface area (Å²) >= 11 is 5.88. The van der Waals surface area contributed by atoms with Gasteiger partial charge in [-0.25, -0.2) is 0 Å². The summed E-state index contributed by atoms with van der Waals surface area (Å²) < 4.78 is 5.79. The zero-order valence-electron chi connectivity index (χ0n) is 13.9. The Hall–Kier alpha value is -1.51. The molecular weight excluding hydrogens is 306 g/mol. The first-order chi connectivity index (χ1) is 11.3. The monoisotopic (exact) mass is 331 g/mol. The number of benzene rings is 2. The molecule has 0 aliphatic rings. The Labute approximate surface area is 144 Å². The molecule has 2 rings (SSSR count). The normalized spacial score (nSPS) is 10.7. The third kappa shape index (κ3) is 7.06. The summed E-state index contributed by atoms with van der Waals surface area (Å²) in [6.07, 6.45) is 5.20. The van der Waals surface area contributed by atoms with E-state index in [-0.39, 0.29) is 0 Å². The first-order valence-electron chi connectivity index (χ1n) is 8.45. The van der Waals surface area contributed by atoms with Gasteiger partial charge in [0.2, 0.25) is 0 Å². The molecule has 0 radical (unpaired) electrons. The largest absolute Gasteiger partial charge is 0.489 e. The van der Waals surface area contributed by atoms with Crippen molar-refractivity contribution in [2.75, 3.05) is 6.54 Å². The van der Waals surface area contributed by atoms with Crippen molar-refractivity contribution in [2.24, 2.45) is 0 Å². The van der Waals surface area contributed by atoms with E-state index in [2.05, 4.69) is 24.4 Å².